The third-order valence-electron chi connectivity index (χ3n) is 4.06. The van der Waals surface area contributed by atoms with Crippen molar-refractivity contribution in [3.8, 4) is 0 Å². The summed E-state index contributed by atoms with van der Waals surface area (Å²) in [6.45, 7) is 0.560. The zero-order valence-corrected chi connectivity index (χ0v) is 12.9. The van der Waals surface area contributed by atoms with Crippen LogP contribution >= 0.6 is 0 Å². The summed E-state index contributed by atoms with van der Waals surface area (Å²) in [5.41, 5.74) is 1.43. The number of rotatable bonds is 2. The highest BCUT2D eigenvalue weighted by atomic mass is 32.2. The highest BCUT2D eigenvalue weighted by Crippen LogP contribution is 2.33. The maximum Gasteiger partial charge on any atom is 0.255 e. The van der Waals surface area contributed by atoms with E-state index < -0.39 is 11.0 Å². The van der Waals surface area contributed by atoms with E-state index in [0.717, 1.165) is 12.0 Å². The second kappa shape index (κ2) is 5.31. The molecule has 1 N–H and O–H groups in total. The monoisotopic (exact) mass is 328 g/mol. The zero-order valence-electron chi connectivity index (χ0n) is 12.1. The molecular formula is C17H13FN2O2S. The van der Waals surface area contributed by atoms with E-state index in [1.165, 1.54) is 12.1 Å². The molecule has 1 atom stereocenters. The summed E-state index contributed by atoms with van der Waals surface area (Å²) in [6, 6.07) is 11.5. The van der Waals surface area contributed by atoms with E-state index >= 15 is 0 Å². The summed E-state index contributed by atoms with van der Waals surface area (Å²) >= 11 is 0. The fourth-order valence-electron chi connectivity index (χ4n) is 2.96. The molecule has 23 heavy (non-hydrogen) atoms. The van der Waals surface area contributed by atoms with Gasteiger partial charge in [-0.25, -0.2) is 8.60 Å². The van der Waals surface area contributed by atoms with E-state index in [1.54, 1.807) is 40.8 Å². The lowest BCUT2D eigenvalue weighted by atomic mass is 10.2. The molecule has 1 aromatic heterocycles. The second-order valence-corrected chi connectivity index (χ2v) is 6.78. The number of pyridine rings is 1. The van der Waals surface area contributed by atoms with E-state index in [1.807, 2.05) is 0 Å². The Morgan fingerprint density at radius 2 is 2.00 bits per heavy atom. The number of anilines is 1. The van der Waals surface area contributed by atoms with Crippen molar-refractivity contribution >= 4 is 27.4 Å². The predicted octanol–water partition coefficient (Wildman–Crippen LogP) is 2.75. The molecule has 0 spiro atoms. The summed E-state index contributed by atoms with van der Waals surface area (Å²) < 4.78 is 28.3. The van der Waals surface area contributed by atoms with Gasteiger partial charge < -0.3 is 4.98 Å². The third-order valence-corrected chi connectivity index (χ3v) is 5.58. The normalized spacial score (nSPS) is 14.9. The predicted molar refractivity (Wildman–Crippen MR) is 88.4 cm³/mol. The molecule has 0 aliphatic carbocycles. The number of halogens is 1. The molecule has 0 saturated carbocycles. The van der Waals surface area contributed by atoms with Crippen LogP contribution in [0.15, 0.2) is 58.4 Å². The number of benzene rings is 2. The maximum atomic E-state index is 13.5. The van der Waals surface area contributed by atoms with Gasteiger partial charge in [0.25, 0.3) is 5.56 Å². The van der Waals surface area contributed by atoms with Crippen LogP contribution < -0.4 is 9.86 Å². The molecule has 4 nitrogen and oxygen atoms in total. The van der Waals surface area contributed by atoms with Crippen LogP contribution in [0.5, 0.6) is 0 Å². The van der Waals surface area contributed by atoms with E-state index in [9.17, 15) is 13.4 Å². The first kappa shape index (κ1) is 14.1. The van der Waals surface area contributed by atoms with Crippen LogP contribution in [0, 0.1) is 5.82 Å². The quantitative estimate of drug-likeness (QED) is 0.786. The molecule has 1 aliphatic rings. The van der Waals surface area contributed by atoms with Gasteiger partial charge in [-0.1, -0.05) is 12.1 Å². The van der Waals surface area contributed by atoms with Gasteiger partial charge in [0.05, 0.1) is 10.6 Å². The van der Waals surface area contributed by atoms with Crippen molar-refractivity contribution in [1.82, 2.24) is 4.98 Å². The zero-order chi connectivity index (χ0) is 16.0. The van der Waals surface area contributed by atoms with E-state index in [0.29, 0.717) is 27.9 Å². The van der Waals surface area contributed by atoms with Crippen LogP contribution in [-0.4, -0.2) is 15.7 Å². The number of nitrogens with zero attached hydrogens (tertiary/aromatic N) is 1. The molecule has 0 radical (unpaired) electrons. The Labute approximate surface area is 134 Å². The van der Waals surface area contributed by atoms with Crippen molar-refractivity contribution in [1.29, 1.82) is 0 Å². The molecule has 0 bridgehead atoms. The molecule has 2 aromatic carbocycles. The summed E-state index contributed by atoms with van der Waals surface area (Å²) in [5, 5.41) is 1.15. The van der Waals surface area contributed by atoms with Gasteiger partial charge in [0.1, 0.15) is 5.82 Å². The van der Waals surface area contributed by atoms with Gasteiger partial charge in [-0.2, -0.15) is 0 Å². The average molecular weight is 328 g/mol. The number of aromatic amines is 1. The Hall–Kier alpha value is -2.47. The van der Waals surface area contributed by atoms with Gasteiger partial charge in [-0.3, -0.25) is 9.10 Å². The minimum atomic E-state index is -1.50. The number of hydrogen-bond acceptors (Lipinski definition) is 2. The second-order valence-electron chi connectivity index (χ2n) is 5.40. The lowest BCUT2D eigenvalue weighted by Gasteiger charge is -2.19. The first-order valence-electron chi connectivity index (χ1n) is 7.23. The minimum absolute atomic E-state index is 0.214. The van der Waals surface area contributed by atoms with Gasteiger partial charge in [-0.05, 0) is 42.3 Å². The molecule has 0 fully saturated rings. The van der Waals surface area contributed by atoms with Crippen molar-refractivity contribution < 1.29 is 8.60 Å². The largest absolute Gasteiger partial charge is 0.329 e. The van der Waals surface area contributed by atoms with Gasteiger partial charge in [0, 0.05) is 23.5 Å². The summed E-state index contributed by atoms with van der Waals surface area (Å²) in [7, 11) is -1.50. The lowest BCUT2D eigenvalue weighted by molar-refractivity contribution is 0.628. The van der Waals surface area contributed by atoms with Crippen molar-refractivity contribution in [2.24, 2.45) is 0 Å². The molecule has 0 saturated heterocycles. The van der Waals surface area contributed by atoms with Gasteiger partial charge >= 0.3 is 0 Å². The molecule has 6 heteroatoms. The summed E-state index contributed by atoms with van der Waals surface area (Å²) in [5.74, 6) is -0.345. The Morgan fingerprint density at radius 3 is 2.87 bits per heavy atom. The number of nitrogens with one attached hydrogen (secondary N) is 1. The van der Waals surface area contributed by atoms with E-state index in [4.69, 9.17) is 0 Å². The molecule has 4 rings (SSSR count). The van der Waals surface area contributed by atoms with Gasteiger partial charge in [-0.15, -0.1) is 0 Å². The van der Waals surface area contributed by atoms with E-state index in [-0.39, 0.29) is 11.4 Å². The highest BCUT2D eigenvalue weighted by molar-refractivity contribution is 7.86. The van der Waals surface area contributed by atoms with Crippen molar-refractivity contribution in [2.75, 3.05) is 10.8 Å². The van der Waals surface area contributed by atoms with Crippen molar-refractivity contribution in [2.45, 2.75) is 11.3 Å². The van der Waals surface area contributed by atoms with Gasteiger partial charge in [0.15, 0.2) is 11.0 Å². The Morgan fingerprint density at radius 1 is 1.13 bits per heavy atom. The minimum Gasteiger partial charge on any atom is -0.329 e. The van der Waals surface area contributed by atoms with Crippen LogP contribution in [0.1, 0.15) is 5.56 Å². The first-order chi connectivity index (χ1) is 11.1. The van der Waals surface area contributed by atoms with Crippen LogP contribution in [-0.2, 0) is 17.4 Å². The summed E-state index contributed by atoms with van der Waals surface area (Å²) in [4.78, 5) is 15.1. The Bertz CT molecular complexity index is 999. The molecule has 0 amide bonds. The first-order valence-corrected chi connectivity index (χ1v) is 8.34. The SMILES string of the molecule is O=c1[nH]ccc2c(S(=O)N3CCc4ccc(F)cc43)cccc12. The molecular weight excluding hydrogens is 315 g/mol. The Kier molecular flexibility index (Phi) is 3.27. The standard InChI is InChI=1S/C17H13FN2O2S/c18-12-5-4-11-7-9-20(15(11)10-12)23(22)16-3-1-2-14-13(16)6-8-19-17(14)21/h1-6,8,10H,7,9H2,(H,19,21). The topological polar surface area (TPSA) is 53.2 Å². The van der Waals surface area contributed by atoms with E-state index in [2.05, 4.69) is 4.98 Å². The lowest BCUT2D eigenvalue weighted by Crippen LogP contribution is -2.24. The van der Waals surface area contributed by atoms with Crippen molar-refractivity contribution in [3.05, 3.63) is 70.4 Å². The average Bonchev–Trinajstić information content (AvgIpc) is 2.97. The Balaban J connectivity index is 1.85. The summed E-state index contributed by atoms with van der Waals surface area (Å²) in [6.07, 6.45) is 2.27. The molecule has 1 unspecified atom stereocenters. The smallest absolute Gasteiger partial charge is 0.255 e. The number of aromatic nitrogens is 1. The van der Waals surface area contributed by atoms with Crippen LogP contribution in [0.2, 0.25) is 0 Å². The molecule has 3 aromatic rings. The number of H-pyrrole nitrogens is 1. The molecule has 2 heterocycles. The number of fused-ring (bicyclic) bond motifs is 2. The highest BCUT2D eigenvalue weighted by Gasteiger charge is 2.26. The van der Waals surface area contributed by atoms with Crippen LogP contribution in [0.4, 0.5) is 10.1 Å². The van der Waals surface area contributed by atoms with Crippen LogP contribution in [0.25, 0.3) is 10.8 Å². The molecule has 116 valence electrons. The fourth-order valence-corrected chi connectivity index (χ4v) is 4.36. The maximum absolute atomic E-state index is 13.5. The van der Waals surface area contributed by atoms with Crippen molar-refractivity contribution in [3.63, 3.8) is 0 Å². The third kappa shape index (κ3) is 2.26. The molecule has 1 aliphatic heterocycles. The van der Waals surface area contributed by atoms with Crippen LogP contribution in [0.3, 0.4) is 0 Å². The fraction of sp³-hybridized carbons (Fsp3) is 0.118. The van der Waals surface area contributed by atoms with Gasteiger partial charge in [0.2, 0.25) is 0 Å². The number of hydrogen-bond donors (Lipinski definition) is 1.